The Morgan fingerprint density at radius 1 is 1.19 bits per heavy atom. The smallest absolute Gasteiger partial charge is 0.223 e. The molecule has 0 spiro atoms. The Hall–Kier alpha value is -2.17. The molecule has 1 aliphatic carbocycles. The van der Waals surface area contributed by atoms with Gasteiger partial charge in [0.25, 0.3) is 0 Å². The molecule has 1 aromatic carbocycles. The van der Waals surface area contributed by atoms with Crippen LogP contribution in [0.25, 0.3) is 10.9 Å². The largest absolute Gasteiger partial charge is 0.369 e. The summed E-state index contributed by atoms with van der Waals surface area (Å²) in [7, 11) is 0. The molecule has 0 radical (unpaired) electrons. The van der Waals surface area contributed by atoms with Crippen LogP contribution in [0.1, 0.15) is 31.4 Å². The third kappa shape index (κ3) is 2.96. The van der Waals surface area contributed by atoms with Crippen molar-refractivity contribution in [2.24, 2.45) is 11.7 Å². The van der Waals surface area contributed by atoms with E-state index in [2.05, 4.69) is 15.3 Å². The summed E-state index contributed by atoms with van der Waals surface area (Å²) in [6, 6.07) is 8.33. The van der Waals surface area contributed by atoms with E-state index in [4.69, 9.17) is 5.73 Å². The number of primary amides is 1. The highest BCUT2D eigenvalue weighted by molar-refractivity contribution is 5.81. The molecule has 5 heteroatoms. The predicted octanol–water partition coefficient (Wildman–Crippen LogP) is 2.39. The molecule has 1 heterocycles. The van der Waals surface area contributed by atoms with Crippen molar-refractivity contribution in [2.45, 2.75) is 38.6 Å². The summed E-state index contributed by atoms with van der Waals surface area (Å²) in [5, 5.41) is 4.48. The molecule has 21 heavy (non-hydrogen) atoms. The van der Waals surface area contributed by atoms with Crippen LogP contribution in [0.2, 0.25) is 0 Å². The molecule has 1 saturated carbocycles. The second-order valence-electron chi connectivity index (χ2n) is 5.75. The minimum absolute atomic E-state index is 0.0299. The van der Waals surface area contributed by atoms with E-state index in [9.17, 15) is 4.79 Å². The van der Waals surface area contributed by atoms with E-state index in [0.29, 0.717) is 12.0 Å². The number of hydrogen-bond acceptors (Lipinski definition) is 4. The van der Waals surface area contributed by atoms with Gasteiger partial charge in [0.2, 0.25) is 11.9 Å². The number of para-hydroxylation sites is 1. The summed E-state index contributed by atoms with van der Waals surface area (Å²) in [5.41, 5.74) is 7.30. The maximum Gasteiger partial charge on any atom is 0.223 e. The molecule has 5 nitrogen and oxygen atoms in total. The molecular weight excluding hydrogens is 264 g/mol. The van der Waals surface area contributed by atoms with Crippen LogP contribution < -0.4 is 11.1 Å². The molecule has 3 N–H and O–H groups in total. The fourth-order valence-corrected chi connectivity index (χ4v) is 3.00. The molecule has 0 unspecified atom stereocenters. The normalized spacial score (nSPS) is 22.1. The number of aryl methyl sites for hydroxylation is 1. The molecule has 0 atom stereocenters. The van der Waals surface area contributed by atoms with Gasteiger partial charge in [-0.3, -0.25) is 4.79 Å². The van der Waals surface area contributed by atoms with E-state index in [-0.39, 0.29) is 11.8 Å². The van der Waals surface area contributed by atoms with E-state index < -0.39 is 0 Å². The van der Waals surface area contributed by atoms with Crippen molar-refractivity contribution in [1.82, 2.24) is 9.97 Å². The first-order valence-corrected chi connectivity index (χ1v) is 7.42. The van der Waals surface area contributed by atoms with Crippen LogP contribution in [0.4, 0.5) is 5.95 Å². The lowest BCUT2D eigenvalue weighted by molar-refractivity contribution is -0.122. The van der Waals surface area contributed by atoms with Crippen LogP contribution in [0.5, 0.6) is 0 Å². The second kappa shape index (κ2) is 5.68. The third-order valence-electron chi connectivity index (χ3n) is 4.26. The van der Waals surface area contributed by atoms with Crippen molar-refractivity contribution in [1.29, 1.82) is 0 Å². The lowest BCUT2D eigenvalue weighted by Crippen LogP contribution is -2.32. The zero-order valence-electron chi connectivity index (χ0n) is 12.2. The summed E-state index contributed by atoms with van der Waals surface area (Å²) in [6.45, 7) is 2.00. The highest BCUT2D eigenvalue weighted by Gasteiger charge is 2.25. The van der Waals surface area contributed by atoms with Gasteiger partial charge in [0.05, 0.1) is 11.2 Å². The molecule has 0 bridgehead atoms. The van der Waals surface area contributed by atoms with Gasteiger partial charge in [-0.25, -0.2) is 9.97 Å². The lowest BCUT2D eigenvalue weighted by atomic mass is 9.86. The van der Waals surface area contributed by atoms with Crippen molar-refractivity contribution in [3.05, 3.63) is 30.0 Å². The molecular formula is C16H20N4O. The summed E-state index contributed by atoms with van der Waals surface area (Å²) in [6.07, 6.45) is 3.56. The van der Waals surface area contributed by atoms with Gasteiger partial charge in [-0.1, -0.05) is 18.2 Å². The molecule has 1 aromatic heterocycles. The highest BCUT2D eigenvalue weighted by atomic mass is 16.1. The van der Waals surface area contributed by atoms with E-state index in [1.807, 2.05) is 31.2 Å². The van der Waals surface area contributed by atoms with Crippen LogP contribution in [0, 0.1) is 12.8 Å². The predicted molar refractivity (Wildman–Crippen MR) is 82.8 cm³/mol. The number of benzene rings is 1. The van der Waals surface area contributed by atoms with E-state index in [0.717, 1.165) is 42.3 Å². The first kappa shape index (κ1) is 13.8. The number of amides is 1. The summed E-state index contributed by atoms with van der Waals surface area (Å²) in [5.74, 6) is 0.530. The van der Waals surface area contributed by atoms with Gasteiger partial charge in [-0.2, -0.15) is 0 Å². The Morgan fingerprint density at radius 3 is 2.62 bits per heavy atom. The number of aromatic nitrogens is 2. The zero-order chi connectivity index (χ0) is 14.8. The zero-order valence-corrected chi connectivity index (χ0v) is 12.2. The number of carbonyl (C=O) groups excluding carboxylic acids is 1. The summed E-state index contributed by atoms with van der Waals surface area (Å²) in [4.78, 5) is 20.3. The van der Waals surface area contributed by atoms with Gasteiger partial charge < -0.3 is 11.1 Å². The molecule has 0 saturated heterocycles. The number of nitrogens with two attached hydrogens (primary N) is 1. The van der Waals surface area contributed by atoms with Crippen LogP contribution in [0.3, 0.4) is 0 Å². The fraction of sp³-hybridized carbons (Fsp3) is 0.438. The molecule has 0 aliphatic heterocycles. The minimum atomic E-state index is -0.175. The number of hydrogen-bond donors (Lipinski definition) is 2. The average Bonchev–Trinajstić information content (AvgIpc) is 2.48. The van der Waals surface area contributed by atoms with Crippen molar-refractivity contribution >= 4 is 22.8 Å². The van der Waals surface area contributed by atoms with Gasteiger partial charge in [0.1, 0.15) is 0 Å². The monoisotopic (exact) mass is 284 g/mol. The number of anilines is 1. The first-order valence-electron chi connectivity index (χ1n) is 7.42. The SMILES string of the molecule is Cc1nc(N[C@H]2CC[C@@H](C(N)=O)CC2)nc2ccccc12. The fourth-order valence-electron chi connectivity index (χ4n) is 3.00. The van der Waals surface area contributed by atoms with Gasteiger partial charge in [0.15, 0.2) is 0 Å². The van der Waals surface area contributed by atoms with Crippen LogP contribution in [-0.4, -0.2) is 21.9 Å². The van der Waals surface area contributed by atoms with Crippen molar-refractivity contribution in [3.8, 4) is 0 Å². The number of fused-ring (bicyclic) bond motifs is 1. The lowest BCUT2D eigenvalue weighted by Gasteiger charge is -2.27. The molecule has 1 fully saturated rings. The number of rotatable bonds is 3. The minimum Gasteiger partial charge on any atom is -0.369 e. The Labute approximate surface area is 124 Å². The van der Waals surface area contributed by atoms with Gasteiger partial charge >= 0.3 is 0 Å². The Morgan fingerprint density at radius 2 is 1.90 bits per heavy atom. The average molecular weight is 284 g/mol. The molecule has 1 aliphatic rings. The quantitative estimate of drug-likeness (QED) is 0.906. The maximum absolute atomic E-state index is 11.2. The Kier molecular flexibility index (Phi) is 3.73. The van der Waals surface area contributed by atoms with Crippen LogP contribution >= 0.6 is 0 Å². The first-order chi connectivity index (χ1) is 10.1. The molecule has 2 aromatic rings. The second-order valence-corrected chi connectivity index (χ2v) is 5.75. The Bertz CT molecular complexity index is 662. The van der Waals surface area contributed by atoms with Crippen molar-refractivity contribution in [3.63, 3.8) is 0 Å². The molecule has 3 rings (SSSR count). The molecule has 1 amide bonds. The number of nitrogens with one attached hydrogen (secondary N) is 1. The molecule has 110 valence electrons. The standard InChI is InChI=1S/C16H20N4O/c1-10-13-4-2-3-5-14(13)20-16(18-10)19-12-8-6-11(7-9-12)15(17)21/h2-5,11-12H,6-9H2,1H3,(H2,17,21)(H,18,19,20)/t11-,12+. The van der Waals surface area contributed by atoms with Crippen LogP contribution in [-0.2, 0) is 4.79 Å². The number of nitrogens with zero attached hydrogens (tertiary/aromatic N) is 2. The van der Waals surface area contributed by atoms with E-state index in [1.54, 1.807) is 0 Å². The summed E-state index contributed by atoms with van der Waals surface area (Å²) < 4.78 is 0. The van der Waals surface area contributed by atoms with Crippen molar-refractivity contribution in [2.75, 3.05) is 5.32 Å². The van der Waals surface area contributed by atoms with Crippen LogP contribution in [0.15, 0.2) is 24.3 Å². The Balaban J connectivity index is 1.73. The van der Waals surface area contributed by atoms with Gasteiger partial charge in [0, 0.05) is 17.3 Å². The highest BCUT2D eigenvalue weighted by Crippen LogP contribution is 2.26. The van der Waals surface area contributed by atoms with Crippen molar-refractivity contribution < 1.29 is 4.79 Å². The summed E-state index contributed by atoms with van der Waals surface area (Å²) >= 11 is 0. The third-order valence-corrected chi connectivity index (χ3v) is 4.26. The van der Waals surface area contributed by atoms with Gasteiger partial charge in [-0.15, -0.1) is 0 Å². The van der Waals surface area contributed by atoms with E-state index >= 15 is 0 Å². The maximum atomic E-state index is 11.2. The van der Waals surface area contributed by atoms with Gasteiger partial charge in [-0.05, 0) is 38.7 Å². The van der Waals surface area contributed by atoms with E-state index in [1.165, 1.54) is 0 Å². The number of carbonyl (C=O) groups is 1. The topological polar surface area (TPSA) is 80.9 Å².